The zero-order valence-corrected chi connectivity index (χ0v) is 20.7. The second kappa shape index (κ2) is 10.9. The van der Waals surface area contributed by atoms with E-state index in [9.17, 15) is 9.59 Å². The van der Waals surface area contributed by atoms with Crippen molar-refractivity contribution < 1.29 is 18.7 Å². The number of morpholine rings is 1. The number of rotatable bonds is 7. The Bertz CT molecular complexity index is 1140. The SMILES string of the molecule is C=CC(=O)N1CCCC(Nc2nc(Nc3ccc(N4CCOCC4C)cc3)c(C(N)=O)c(C)c2F)C1. The largest absolute Gasteiger partial charge is 0.377 e. The highest BCUT2D eigenvalue weighted by Gasteiger charge is 2.26. The van der Waals surface area contributed by atoms with Crippen LogP contribution >= 0.6 is 0 Å². The van der Waals surface area contributed by atoms with Crippen molar-refractivity contribution in [3.63, 3.8) is 0 Å². The highest BCUT2D eigenvalue weighted by molar-refractivity contribution is 6.00. The van der Waals surface area contributed by atoms with Gasteiger partial charge in [-0.05, 0) is 57.0 Å². The van der Waals surface area contributed by atoms with Crippen molar-refractivity contribution in [3.05, 3.63) is 53.9 Å². The number of piperidine rings is 1. The first-order valence-electron chi connectivity index (χ1n) is 12.2. The van der Waals surface area contributed by atoms with E-state index in [0.29, 0.717) is 32.0 Å². The minimum atomic E-state index is -0.771. The Morgan fingerprint density at radius 2 is 2.00 bits per heavy atom. The molecule has 10 heteroatoms. The number of hydrogen-bond donors (Lipinski definition) is 3. The van der Waals surface area contributed by atoms with Crippen LogP contribution in [0.3, 0.4) is 0 Å². The summed E-state index contributed by atoms with van der Waals surface area (Å²) in [5.74, 6) is -1.39. The highest BCUT2D eigenvalue weighted by Crippen LogP contribution is 2.30. The lowest BCUT2D eigenvalue weighted by Crippen LogP contribution is -2.44. The van der Waals surface area contributed by atoms with E-state index in [1.54, 1.807) is 4.90 Å². The molecule has 2 fully saturated rings. The van der Waals surface area contributed by atoms with Gasteiger partial charge in [-0.1, -0.05) is 6.58 Å². The number of amides is 2. The Morgan fingerprint density at radius 3 is 2.67 bits per heavy atom. The van der Waals surface area contributed by atoms with Gasteiger partial charge in [-0.15, -0.1) is 0 Å². The average molecular weight is 497 g/mol. The van der Waals surface area contributed by atoms with Gasteiger partial charge in [0.15, 0.2) is 11.6 Å². The van der Waals surface area contributed by atoms with Gasteiger partial charge in [0, 0.05) is 48.7 Å². The van der Waals surface area contributed by atoms with E-state index in [4.69, 9.17) is 10.5 Å². The van der Waals surface area contributed by atoms with Crippen molar-refractivity contribution in [1.29, 1.82) is 0 Å². The Hall–Kier alpha value is -3.66. The monoisotopic (exact) mass is 496 g/mol. The maximum atomic E-state index is 15.2. The second-order valence-corrected chi connectivity index (χ2v) is 9.25. The number of primary amides is 1. The minimum Gasteiger partial charge on any atom is -0.377 e. The summed E-state index contributed by atoms with van der Waals surface area (Å²) in [5, 5.41) is 6.26. The number of aromatic nitrogens is 1. The zero-order valence-electron chi connectivity index (χ0n) is 20.7. The summed E-state index contributed by atoms with van der Waals surface area (Å²) in [6.07, 6.45) is 2.80. The molecule has 0 spiro atoms. The standard InChI is InChI=1S/C26H33FN6O3/c1-4-21(34)32-11-5-6-19(14-32)30-26-23(27)17(3)22(24(28)35)25(31-26)29-18-7-9-20(10-8-18)33-12-13-36-15-16(33)2/h4,7-10,16,19H,1,5-6,11-15H2,2-3H3,(H2,28,35)(H2,29,30,31). The summed E-state index contributed by atoms with van der Waals surface area (Å²) in [6, 6.07) is 7.82. The molecule has 2 aliphatic heterocycles. The molecule has 2 saturated heterocycles. The molecule has 1 aromatic heterocycles. The molecule has 2 aliphatic rings. The number of likely N-dealkylation sites (tertiary alicyclic amines) is 1. The summed E-state index contributed by atoms with van der Waals surface area (Å²) in [4.78, 5) is 32.6. The van der Waals surface area contributed by atoms with Crippen LogP contribution in [0.25, 0.3) is 0 Å². The first-order chi connectivity index (χ1) is 17.3. The normalized spacial score (nSPS) is 20.1. The molecule has 4 N–H and O–H groups in total. The van der Waals surface area contributed by atoms with Crippen LogP contribution in [0.1, 0.15) is 35.7 Å². The fraction of sp³-hybridized carbons (Fsp3) is 0.423. The molecule has 2 amide bonds. The molecule has 2 unspecified atom stereocenters. The highest BCUT2D eigenvalue weighted by atomic mass is 19.1. The first kappa shape index (κ1) is 25.4. The molecule has 4 rings (SSSR count). The Kier molecular flexibility index (Phi) is 7.73. The van der Waals surface area contributed by atoms with Gasteiger partial charge >= 0.3 is 0 Å². The molecule has 0 bridgehead atoms. The number of anilines is 4. The van der Waals surface area contributed by atoms with Crippen molar-refractivity contribution in [3.8, 4) is 0 Å². The summed E-state index contributed by atoms with van der Waals surface area (Å²) >= 11 is 0. The first-order valence-corrected chi connectivity index (χ1v) is 12.2. The maximum absolute atomic E-state index is 15.2. The number of carbonyl (C=O) groups excluding carboxylic acids is 2. The van der Waals surface area contributed by atoms with Crippen LogP contribution in [-0.4, -0.2) is 66.6 Å². The molecule has 9 nitrogen and oxygen atoms in total. The number of ether oxygens (including phenoxy) is 1. The van der Waals surface area contributed by atoms with Crippen LogP contribution in [0, 0.1) is 12.7 Å². The predicted molar refractivity (Wildman–Crippen MR) is 138 cm³/mol. The van der Waals surface area contributed by atoms with Crippen molar-refractivity contribution in [1.82, 2.24) is 9.88 Å². The maximum Gasteiger partial charge on any atom is 0.252 e. The molecule has 0 radical (unpaired) electrons. The van der Waals surface area contributed by atoms with Crippen LogP contribution in [0.4, 0.5) is 27.4 Å². The lowest BCUT2D eigenvalue weighted by Gasteiger charge is -2.35. The van der Waals surface area contributed by atoms with Gasteiger partial charge in [-0.25, -0.2) is 9.37 Å². The van der Waals surface area contributed by atoms with Crippen molar-refractivity contribution >= 4 is 34.8 Å². The van der Waals surface area contributed by atoms with Gasteiger partial charge in [0.2, 0.25) is 5.91 Å². The molecule has 0 saturated carbocycles. The molecule has 2 aromatic rings. The number of pyridine rings is 1. The summed E-state index contributed by atoms with van der Waals surface area (Å²) < 4.78 is 20.8. The van der Waals surface area contributed by atoms with Crippen LogP contribution in [0.15, 0.2) is 36.9 Å². The summed E-state index contributed by atoms with van der Waals surface area (Å²) in [7, 11) is 0. The minimum absolute atomic E-state index is 0.00367. The molecular formula is C26H33FN6O3. The fourth-order valence-corrected chi connectivity index (χ4v) is 4.77. The van der Waals surface area contributed by atoms with Gasteiger partial charge in [-0.2, -0.15) is 0 Å². The van der Waals surface area contributed by atoms with E-state index >= 15 is 4.39 Å². The molecule has 3 heterocycles. The van der Waals surface area contributed by atoms with Gasteiger partial charge in [0.1, 0.15) is 5.82 Å². The van der Waals surface area contributed by atoms with Crippen molar-refractivity contribution in [2.45, 2.75) is 38.8 Å². The molecule has 1 aromatic carbocycles. The van der Waals surface area contributed by atoms with E-state index in [1.807, 2.05) is 24.3 Å². The number of nitrogens with zero attached hydrogens (tertiary/aromatic N) is 3. The van der Waals surface area contributed by atoms with Gasteiger partial charge in [0.25, 0.3) is 5.91 Å². The number of nitrogens with one attached hydrogen (secondary N) is 2. The van der Waals surface area contributed by atoms with Crippen LogP contribution in [-0.2, 0) is 9.53 Å². The molecule has 0 aliphatic carbocycles. The second-order valence-electron chi connectivity index (χ2n) is 9.25. The third-order valence-electron chi connectivity index (χ3n) is 6.70. The number of benzene rings is 1. The van der Waals surface area contributed by atoms with E-state index in [0.717, 1.165) is 25.1 Å². The van der Waals surface area contributed by atoms with Crippen LogP contribution < -0.4 is 21.3 Å². The number of nitrogens with two attached hydrogens (primary N) is 1. The number of halogens is 1. The Balaban J connectivity index is 1.57. The van der Waals surface area contributed by atoms with E-state index in [2.05, 4.69) is 34.0 Å². The van der Waals surface area contributed by atoms with Crippen LogP contribution in [0.2, 0.25) is 0 Å². The summed E-state index contributed by atoms with van der Waals surface area (Å²) in [5.41, 5.74) is 7.45. The molecule has 192 valence electrons. The van der Waals surface area contributed by atoms with Crippen molar-refractivity contribution in [2.24, 2.45) is 5.73 Å². The molecular weight excluding hydrogens is 463 g/mol. The Morgan fingerprint density at radius 1 is 1.25 bits per heavy atom. The molecule has 2 atom stereocenters. The zero-order chi connectivity index (χ0) is 25.8. The fourth-order valence-electron chi connectivity index (χ4n) is 4.77. The lowest BCUT2D eigenvalue weighted by atomic mass is 10.0. The third kappa shape index (κ3) is 5.43. The summed E-state index contributed by atoms with van der Waals surface area (Å²) in [6.45, 7) is 10.4. The lowest BCUT2D eigenvalue weighted by molar-refractivity contribution is -0.127. The quantitative estimate of drug-likeness (QED) is 0.505. The number of carbonyl (C=O) groups is 2. The van der Waals surface area contributed by atoms with Gasteiger partial charge in [-0.3, -0.25) is 9.59 Å². The Labute approximate surface area is 210 Å². The predicted octanol–water partition coefficient (Wildman–Crippen LogP) is 3.19. The van der Waals surface area contributed by atoms with E-state index < -0.39 is 11.7 Å². The van der Waals surface area contributed by atoms with Crippen molar-refractivity contribution in [2.75, 3.05) is 48.4 Å². The van der Waals surface area contributed by atoms with E-state index in [1.165, 1.54) is 13.0 Å². The van der Waals surface area contributed by atoms with Crippen LogP contribution in [0.5, 0.6) is 0 Å². The topological polar surface area (TPSA) is 113 Å². The molecule has 36 heavy (non-hydrogen) atoms. The van der Waals surface area contributed by atoms with Gasteiger partial charge in [0.05, 0.1) is 18.8 Å². The smallest absolute Gasteiger partial charge is 0.252 e. The average Bonchev–Trinajstić information content (AvgIpc) is 2.87. The van der Waals surface area contributed by atoms with Gasteiger partial charge < -0.3 is 30.9 Å². The van der Waals surface area contributed by atoms with E-state index in [-0.39, 0.29) is 40.8 Å². The number of hydrogen-bond acceptors (Lipinski definition) is 7. The third-order valence-corrected chi connectivity index (χ3v) is 6.70.